The zero-order valence-electron chi connectivity index (χ0n) is 12.5. The second-order valence-electron chi connectivity index (χ2n) is 4.57. The van der Waals surface area contributed by atoms with E-state index in [0.717, 1.165) is 16.1 Å². The molecule has 0 radical (unpaired) electrons. The van der Waals surface area contributed by atoms with Crippen LogP contribution in [-0.2, 0) is 14.3 Å². The standard InChI is InChI=1S/C15H22N2O3S/c1-3-20-15(19)5-4-8-17-14(18)10-21-13-7-6-12(16)9-11(13)2/h6-7,9H,3-5,8,10,16H2,1-2H3,(H,17,18). The van der Waals surface area contributed by atoms with E-state index >= 15 is 0 Å². The van der Waals surface area contributed by atoms with Crippen LogP contribution in [0.4, 0.5) is 5.69 Å². The zero-order valence-corrected chi connectivity index (χ0v) is 13.3. The average molecular weight is 310 g/mol. The Kier molecular flexibility index (Phi) is 7.68. The first-order chi connectivity index (χ1) is 10.0. The van der Waals surface area contributed by atoms with E-state index in [1.807, 2.05) is 25.1 Å². The third kappa shape index (κ3) is 7.04. The third-order valence-corrected chi connectivity index (χ3v) is 3.92. The van der Waals surface area contributed by atoms with Crippen LogP contribution >= 0.6 is 11.8 Å². The predicted molar refractivity (Wildman–Crippen MR) is 85.2 cm³/mol. The molecule has 1 rings (SSSR count). The van der Waals surface area contributed by atoms with Gasteiger partial charge in [-0.05, 0) is 44.0 Å². The number of amides is 1. The van der Waals surface area contributed by atoms with Gasteiger partial charge in [-0.1, -0.05) is 0 Å². The molecule has 0 bridgehead atoms. The molecule has 0 spiro atoms. The molecular weight excluding hydrogens is 288 g/mol. The molecule has 116 valence electrons. The fourth-order valence-corrected chi connectivity index (χ4v) is 2.56. The van der Waals surface area contributed by atoms with Crippen LogP contribution in [0.1, 0.15) is 25.3 Å². The first kappa shape index (κ1) is 17.4. The normalized spacial score (nSPS) is 10.2. The Morgan fingerprint density at radius 2 is 2.14 bits per heavy atom. The molecular formula is C15H22N2O3S. The lowest BCUT2D eigenvalue weighted by atomic mass is 10.2. The number of benzene rings is 1. The Balaban J connectivity index is 2.21. The number of aryl methyl sites for hydroxylation is 1. The van der Waals surface area contributed by atoms with Crippen molar-refractivity contribution in [2.24, 2.45) is 0 Å². The molecule has 1 amide bonds. The summed E-state index contributed by atoms with van der Waals surface area (Å²) in [5.74, 6) is 0.0863. The maximum absolute atomic E-state index is 11.7. The highest BCUT2D eigenvalue weighted by Crippen LogP contribution is 2.23. The minimum Gasteiger partial charge on any atom is -0.466 e. The highest BCUT2D eigenvalue weighted by molar-refractivity contribution is 8.00. The Labute approximate surface area is 129 Å². The molecule has 1 aromatic rings. The molecule has 0 aliphatic rings. The maximum Gasteiger partial charge on any atom is 0.305 e. The fourth-order valence-electron chi connectivity index (χ4n) is 1.72. The van der Waals surface area contributed by atoms with Gasteiger partial charge in [-0.3, -0.25) is 9.59 Å². The Morgan fingerprint density at radius 1 is 1.38 bits per heavy atom. The Morgan fingerprint density at radius 3 is 2.81 bits per heavy atom. The van der Waals surface area contributed by atoms with E-state index in [9.17, 15) is 9.59 Å². The van der Waals surface area contributed by atoms with Gasteiger partial charge in [0.05, 0.1) is 12.4 Å². The molecule has 0 saturated carbocycles. The van der Waals surface area contributed by atoms with Crippen LogP contribution in [0.15, 0.2) is 23.1 Å². The van der Waals surface area contributed by atoms with Crippen LogP contribution in [0.25, 0.3) is 0 Å². The molecule has 0 aromatic heterocycles. The maximum atomic E-state index is 11.7. The van der Waals surface area contributed by atoms with Crippen molar-refractivity contribution in [2.45, 2.75) is 31.6 Å². The predicted octanol–water partition coefficient (Wildman–Crippen LogP) is 2.13. The highest BCUT2D eigenvalue weighted by Gasteiger charge is 2.06. The summed E-state index contributed by atoms with van der Waals surface area (Å²) in [4.78, 5) is 23.9. The summed E-state index contributed by atoms with van der Waals surface area (Å²) in [5, 5.41) is 2.79. The van der Waals surface area contributed by atoms with E-state index in [1.165, 1.54) is 11.8 Å². The number of nitrogens with one attached hydrogen (secondary N) is 1. The number of hydrogen-bond acceptors (Lipinski definition) is 5. The number of esters is 1. The zero-order chi connectivity index (χ0) is 15.7. The van der Waals surface area contributed by atoms with Crippen LogP contribution in [0.5, 0.6) is 0 Å². The van der Waals surface area contributed by atoms with Gasteiger partial charge < -0.3 is 15.8 Å². The summed E-state index contributed by atoms with van der Waals surface area (Å²) in [6.45, 7) is 4.62. The van der Waals surface area contributed by atoms with Crippen molar-refractivity contribution in [3.8, 4) is 0 Å². The van der Waals surface area contributed by atoms with Gasteiger partial charge in [0.15, 0.2) is 0 Å². The molecule has 0 heterocycles. The summed E-state index contributed by atoms with van der Waals surface area (Å²) >= 11 is 1.48. The fraction of sp³-hybridized carbons (Fsp3) is 0.467. The van der Waals surface area contributed by atoms with Gasteiger partial charge in [-0.25, -0.2) is 0 Å². The Bertz CT molecular complexity index is 492. The molecule has 0 fully saturated rings. The lowest BCUT2D eigenvalue weighted by molar-refractivity contribution is -0.143. The number of carbonyl (C=O) groups excluding carboxylic acids is 2. The van der Waals surface area contributed by atoms with E-state index < -0.39 is 0 Å². The van der Waals surface area contributed by atoms with Crippen molar-refractivity contribution in [3.63, 3.8) is 0 Å². The van der Waals surface area contributed by atoms with Gasteiger partial charge in [-0.15, -0.1) is 11.8 Å². The van der Waals surface area contributed by atoms with E-state index in [1.54, 1.807) is 6.92 Å². The summed E-state index contributed by atoms with van der Waals surface area (Å²) in [5.41, 5.74) is 7.47. The van der Waals surface area contributed by atoms with Gasteiger partial charge in [0, 0.05) is 23.5 Å². The molecule has 0 saturated heterocycles. The quantitative estimate of drug-likeness (QED) is 0.333. The van der Waals surface area contributed by atoms with Crippen LogP contribution in [0.3, 0.4) is 0 Å². The van der Waals surface area contributed by atoms with Crippen molar-refractivity contribution in [3.05, 3.63) is 23.8 Å². The molecule has 0 aliphatic heterocycles. The van der Waals surface area contributed by atoms with Crippen molar-refractivity contribution < 1.29 is 14.3 Å². The van der Waals surface area contributed by atoms with Gasteiger partial charge in [0.25, 0.3) is 0 Å². The summed E-state index contributed by atoms with van der Waals surface area (Å²) in [7, 11) is 0. The molecule has 0 aliphatic carbocycles. The largest absolute Gasteiger partial charge is 0.466 e. The van der Waals surface area contributed by atoms with Gasteiger partial charge in [-0.2, -0.15) is 0 Å². The molecule has 3 N–H and O–H groups in total. The van der Waals surface area contributed by atoms with Crippen LogP contribution in [0, 0.1) is 6.92 Å². The number of thioether (sulfide) groups is 1. The lowest BCUT2D eigenvalue weighted by Gasteiger charge is -2.07. The smallest absolute Gasteiger partial charge is 0.305 e. The van der Waals surface area contributed by atoms with Crippen molar-refractivity contribution in [2.75, 3.05) is 24.6 Å². The number of ether oxygens (including phenoxy) is 1. The molecule has 5 nitrogen and oxygen atoms in total. The number of rotatable bonds is 8. The molecule has 1 aromatic carbocycles. The monoisotopic (exact) mass is 310 g/mol. The van der Waals surface area contributed by atoms with Crippen LogP contribution in [0.2, 0.25) is 0 Å². The average Bonchev–Trinajstić information content (AvgIpc) is 2.43. The number of nitrogen functional groups attached to an aromatic ring is 1. The minimum atomic E-state index is -0.223. The third-order valence-electron chi connectivity index (χ3n) is 2.74. The molecule has 21 heavy (non-hydrogen) atoms. The van der Waals surface area contributed by atoms with Crippen LogP contribution < -0.4 is 11.1 Å². The van der Waals surface area contributed by atoms with E-state index in [-0.39, 0.29) is 11.9 Å². The number of nitrogens with two attached hydrogens (primary N) is 1. The SMILES string of the molecule is CCOC(=O)CCCNC(=O)CSc1ccc(N)cc1C. The summed E-state index contributed by atoms with van der Waals surface area (Å²) in [6.07, 6.45) is 0.925. The van der Waals surface area contributed by atoms with E-state index in [4.69, 9.17) is 10.5 Å². The van der Waals surface area contributed by atoms with E-state index in [0.29, 0.717) is 31.7 Å². The van der Waals surface area contributed by atoms with Gasteiger partial charge in [0.1, 0.15) is 0 Å². The first-order valence-corrected chi connectivity index (χ1v) is 7.92. The number of anilines is 1. The van der Waals surface area contributed by atoms with Crippen molar-refractivity contribution >= 4 is 29.3 Å². The summed E-state index contributed by atoms with van der Waals surface area (Å²) in [6, 6.07) is 5.63. The number of carbonyl (C=O) groups is 2. The van der Waals surface area contributed by atoms with Crippen molar-refractivity contribution in [1.82, 2.24) is 5.32 Å². The first-order valence-electron chi connectivity index (χ1n) is 6.94. The minimum absolute atomic E-state index is 0.0416. The molecule has 0 unspecified atom stereocenters. The lowest BCUT2D eigenvalue weighted by Crippen LogP contribution is -2.26. The van der Waals surface area contributed by atoms with Gasteiger partial charge >= 0.3 is 5.97 Å². The molecule has 0 atom stereocenters. The summed E-state index contributed by atoms with van der Waals surface area (Å²) < 4.78 is 4.81. The second-order valence-corrected chi connectivity index (χ2v) is 5.59. The van der Waals surface area contributed by atoms with Crippen LogP contribution in [-0.4, -0.2) is 30.8 Å². The van der Waals surface area contributed by atoms with Gasteiger partial charge in [0.2, 0.25) is 5.91 Å². The molecule has 6 heteroatoms. The second kappa shape index (κ2) is 9.28. The Hall–Kier alpha value is -1.69. The topological polar surface area (TPSA) is 81.4 Å². The van der Waals surface area contributed by atoms with E-state index in [2.05, 4.69) is 5.32 Å². The number of hydrogen-bond donors (Lipinski definition) is 2. The highest BCUT2D eigenvalue weighted by atomic mass is 32.2. The van der Waals surface area contributed by atoms with Crippen molar-refractivity contribution in [1.29, 1.82) is 0 Å².